The van der Waals surface area contributed by atoms with E-state index in [0.717, 1.165) is 7.06 Å². The van der Waals surface area contributed by atoms with Gasteiger partial charge in [0.1, 0.15) is 0 Å². The van der Waals surface area contributed by atoms with Crippen LogP contribution in [0.1, 0.15) is 0 Å². The average molecular weight is 1160 g/mol. The molecule has 0 nitrogen and oxygen atoms in total. The summed E-state index contributed by atoms with van der Waals surface area (Å²) in [5.41, 5.74) is 0. The predicted molar refractivity (Wildman–Crippen MR) is 616 cm³/mol. The van der Waals surface area contributed by atoms with Crippen LogP contribution in [-0.4, -0.2) is 757 Å². The molecule has 107 heteroatoms. The van der Waals surface area contributed by atoms with Crippen molar-refractivity contribution >= 4 is 757 Å². The van der Waals surface area contributed by atoms with Crippen molar-refractivity contribution in [2.24, 2.45) is 0 Å². The van der Waals surface area contributed by atoms with Gasteiger partial charge in [-0.3, -0.25) is 0 Å². The lowest BCUT2D eigenvalue weighted by Gasteiger charge is -2.63. The topological polar surface area (TPSA) is 0 Å². The molecule has 109 radical (unpaired) electrons. The van der Waals surface area contributed by atoms with Gasteiger partial charge in [0.15, 0.2) is 0 Å². The molecule has 0 atom stereocenters. The molecule has 321 valence electrons. The van der Waals surface area contributed by atoms with Crippen LogP contribution in [0.25, 0.3) is 0 Å². The van der Waals surface area contributed by atoms with Gasteiger partial charge >= 0.3 is 0 Å². The monoisotopic (exact) mass is 1180 g/mol. The second kappa shape index (κ2) is 52.7. The maximum atomic E-state index is 7.70. The SMILES string of the molecule is [B][B]B([B])B(B(B([B])[B])B([B])[B])B(B(B(B([B])[B])B([B])[B])B(B([B])[B])B([B])[B])B(B(B(B([B])[B])B([B])[B])B(B([B])[B])B([B])[B])B(B(B(B(B([B])[B])B([B])[B])B(B([B])[B])B([B])[B])B(B(B([B])[B])B([B])[B])B(B([B])[B])B([B])[B])B(B(B(B([B])[B])B([B])[B])B(B([B])[B])B([B])[B])B(B(B([B])[B])B([B])[B])B(B([B])[B])B([B])[B]. The molecule has 0 saturated heterocycles. The van der Waals surface area contributed by atoms with Gasteiger partial charge in [-0.15, -0.1) is 0 Å². The highest BCUT2D eigenvalue weighted by atomic mass is 13.5. The van der Waals surface area contributed by atoms with Gasteiger partial charge in [0.05, 0.1) is 0 Å². The van der Waals surface area contributed by atoms with E-state index in [-0.39, 0.29) is 0 Å². The van der Waals surface area contributed by atoms with Gasteiger partial charge in [0.2, 0.25) is 0 Å². The van der Waals surface area contributed by atoms with Crippen molar-refractivity contribution in [3.05, 3.63) is 0 Å². The third-order valence-electron chi connectivity index (χ3n) is 22.9. The Morgan fingerprint density at radius 2 is 0.140 bits per heavy atom. The summed E-state index contributed by atoms with van der Waals surface area (Å²) >= 11 is 0. The van der Waals surface area contributed by atoms with Crippen LogP contribution in [0, 0.1) is 0 Å². The minimum absolute atomic E-state index is 0.949. The molecule has 0 aromatic rings. The van der Waals surface area contributed by atoms with Gasteiger partial charge in [0.25, 0.3) is 0 Å². The first-order chi connectivity index (χ1) is 48.7. The van der Waals surface area contributed by atoms with Crippen LogP contribution in [0.2, 0.25) is 0 Å². The molecule has 0 unspecified atom stereocenters. The van der Waals surface area contributed by atoms with E-state index >= 15 is 0 Å². The molecule has 0 heterocycles. The van der Waals surface area contributed by atoms with Crippen LogP contribution in [0.3, 0.4) is 0 Å². The quantitative estimate of drug-likeness (QED) is 0.0533. The van der Waals surface area contributed by atoms with E-state index in [1.165, 1.54) is 0 Å². The first-order valence-electron chi connectivity index (χ1n) is 35.3. The molecular weight excluding hydrogens is 1160 g/mol. The first kappa shape index (κ1) is 114. The highest BCUT2D eigenvalue weighted by Crippen LogP contribution is 2.31. The lowest BCUT2D eigenvalue weighted by atomic mass is 8.18. The largest absolute Gasteiger partial charge is 0 e. The molecule has 0 rings (SSSR count). The van der Waals surface area contributed by atoms with E-state index in [4.69, 9.17) is 418 Å². The van der Waals surface area contributed by atoms with Gasteiger partial charge in [-0.2, -0.15) is 0 Å². The van der Waals surface area contributed by atoms with Crippen molar-refractivity contribution in [1.82, 2.24) is 0 Å². The molecule has 0 aliphatic rings. The highest BCUT2D eigenvalue weighted by Gasteiger charge is 2.69. The lowest BCUT2D eigenvalue weighted by molar-refractivity contribution is 3.12. The average Bonchev–Trinajstić information content (AvgIpc) is 0.706. The fraction of sp³-hybridized carbons (Fsp3) is 0. The first-order valence-corrected chi connectivity index (χ1v) is 35.3. The van der Waals surface area contributed by atoms with E-state index in [2.05, 4.69) is 0 Å². The summed E-state index contributed by atoms with van der Waals surface area (Å²) in [7, 11) is 389. The van der Waals surface area contributed by atoms with Crippen molar-refractivity contribution in [2.75, 3.05) is 0 Å². The summed E-state index contributed by atoms with van der Waals surface area (Å²) in [4.78, 5) is 0. The Kier molecular flexibility index (Phi) is 56.1. The van der Waals surface area contributed by atoms with E-state index in [0.29, 0.717) is 0 Å². The van der Waals surface area contributed by atoms with Crippen molar-refractivity contribution in [3.8, 4) is 0 Å². The molecule has 0 amide bonds. The van der Waals surface area contributed by atoms with E-state index in [1.807, 2.05) is 0 Å². The maximum absolute atomic E-state index is 7.70. The second-order valence-corrected chi connectivity index (χ2v) is 30.2. The molecule has 107 heavy (non-hydrogen) atoms. The Morgan fingerprint density at radius 3 is 0.206 bits per heavy atom. The Hall–Kier alpha value is 6.95. The molecule has 0 N–H and O–H groups in total. The Labute approximate surface area is 749 Å². The van der Waals surface area contributed by atoms with Crippen molar-refractivity contribution in [1.29, 1.82) is 0 Å². The van der Waals surface area contributed by atoms with Crippen molar-refractivity contribution < 1.29 is 0 Å². The van der Waals surface area contributed by atoms with Crippen molar-refractivity contribution in [3.63, 3.8) is 0 Å². The molecule has 0 aromatic heterocycles. The number of hydrogen-bond donors (Lipinski definition) is 0. The van der Waals surface area contributed by atoms with Crippen LogP contribution < -0.4 is 0 Å². The van der Waals surface area contributed by atoms with E-state index < -0.39 is 332 Å². The zero-order valence-electron chi connectivity index (χ0n) is 61.8. The standard InChI is InChI=1S/B107/c1-55-82(54)96(83(56(2)3)57(4)5)103(97(84(58(6)7)59(8)9)85(60(10)11)61(12)13)106(102(94(78(46)47)79(48)49)95(80(50)51)81(52)53)107(104(98(86(62(14)15)63(16)17)87(64(18)19)65(20)21)99(88(66(22)23)67(24)25)89(68(26)27)69(28)29)105(100(90(70(30)31)71(32)33)91(72(34)35)73(36)37)101(92(74(38)39)75(40)41)93(76(42)43)77(44)45. The van der Waals surface area contributed by atoms with Gasteiger partial charge in [-0.1, -0.05) is 0 Å². The minimum Gasteiger partial charge on any atom is 0 e. The van der Waals surface area contributed by atoms with Crippen LogP contribution in [0.15, 0.2) is 0 Å². The van der Waals surface area contributed by atoms with Gasteiger partial charge in [0, 0.05) is 757 Å². The summed E-state index contributed by atoms with van der Waals surface area (Å²) < 4.78 is 0. The maximum Gasteiger partial charge on any atom is 0 e. The molecule has 0 bridgehead atoms. The molecule has 0 fully saturated rings. The predicted octanol–water partition coefficient (Wildman–Crippen LogP) is -40.7. The summed E-state index contributed by atoms with van der Waals surface area (Å²) in [5, 5.41) is 0. The number of hydrogen-bond acceptors (Lipinski definition) is 0. The Bertz CT molecular complexity index is 1830. The third-order valence-corrected chi connectivity index (χ3v) is 22.9. The Morgan fingerprint density at radius 1 is 0.0841 bits per heavy atom. The zero-order valence-corrected chi connectivity index (χ0v) is 61.8. The van der Waals surface area contributed by atoms with E-state index in [1.54, 1.807) is 0 Å². The molecule has 0 saturated carbocycles. The Balaban J connectivity index is 15.3. The fourth-order valence-electron chi connectivity index (χ4n) is 19.4. The smallest absolute Gasteiger partial charge is 0 e. The highest BCUT2D eigenvalue weighted by molar-refractivity contribution is 8.45. The third kappa shape index (κ3) is 30.7. The molecule has 0 aliphatic heterocycles. The van der Waals surface area contributed by atoms with Gasteiger partial charge < -0.3 is 0 Å². The molecule has 0 aliphatic carbocycles. The van der Waals surface area contributed by atoms with Crippen molar-refractivity contribution in [2.45, 2.75) is 0 Å². The normalized spacial score (nSPS) is 9.83. The number of rotatable bonds is 52. The molecule has 0 aromatic carbocycles. The van der Waals surface area contributed by atoms with Crippen LogP contribution in [0.4, 0.5) is 0 Å². The van der Waals surface area contributed by atoms with Gasteiger partial charge in [-0.25, -0.2) is 0 Å². The molecular formula is B107. The summed E-state index contributed by atoms with van der Waals surface area (Å²) in [6.45, 7) is 0. The van der Waals surface area contributed by atoms with Gasteiger partial charge in [-0.05, 0) is 0 Å². The van der Waals surface area contributed by atoms with Crippen LogP contribution in [0.5, 0.6) is 0 Å². The van der Waals surface area contributed by atoms with E-state index in [9.17, 15) is 0 Å². The fourth-order valence-corrected chi connectivity index (χ4v) is 19.4. The molecule has 0 spiro atoms. The second-order valence-electron chi connectivity index (χ2n) is 30.2. The lowest BCUT2D eigenvalue weighted by Crippen LogP contribution is -3.02. The summed E-state index contributed by atoms with van der Waals surface area (Å²) in [5.74, 6) is 0. The van der Waals surface area contributed by atoms with Crippen LogP contribution >= 0.6 is 0 Å². The summed E-state index contributed by atoms with van der Waals surface area (Å²) in [6.07, 6.45) is -102. The zero-order chi connectivity index (χ0) is 84.7. The minimum atomic E-state index is -2.43. The van der Waals surface area contributed by atoms with Crippen LogP contribution in [-0.2, 0) is 0 Å². The summed E-state index contributed by atoms with van der Waals surface area (Å²) in [6, 6.07) is 0.